The van der Waals surface area contributed by atoms with Gasteiger partial charge in [0, 0.05) is 145 Å². The Bertz CT molecular complexity index is 2980. The summed E-state index contributed by atoms with van der Waals surface area (Å²) in [6.45, 7) is 16.3. The molecule has 10 rings (SSSR count). The number of nitrogens with one attached hydrogen (secondary N) is 4. The smallest absolute Gasteiger partial charge is 0.251 e. The van der Waals surface area contributed by atoms with E-state index in [0.29, 0.717) is 120 Å². The predicted octanol–water partition coefficient (Wildman–Crippen LogP) is 5.95. The van der Waals surface area contributed by atoms with Crippen LogP contribution in [0, 0.1) is 11.8 Å². The lowest BCUT2D eigenvalue weighted by atomic mass is 9.82. The van der Waals surface area contributed by atoms with Crippen LogP contribution in [0.15, 0.2) is 73.1 Å². The van der Waals surface area contributed by atoms with Crippen LogP contribution < -0.4 is 35.6 Å². The number of hydrogen-bond acceptors (Lipinski definition) is 15. The van der Waals surface area contributed by atoms with Gasteiger partial charge in [-0.2, -0.15) is 0 Å². The normalized spacial score (nSPS) is 21.4. The van der Waals surface area contributed by atoms with Gasteiger partial charge in [-0.1, -0.05) is 68.1 Å². The van der Waals surface area contributed by atoms with Crippen molar-refractivity contribution >= 4 is 47.0 Å². The molecule has 1 unspecified atom stereocenters. The lowest BCUT2D eigenvalue weighted by Crippen LogP contribution is -2.55. The molecular formula is C67H93ClN12O8. The molecule has 5 amide bonds. The van der Waals surface area contributed by atoms with E-state index in [-0.39, 0.29) is 53.8 Å². The number of aliphatic hydroxyl groups excluding tert-OH is 1. The number of piperidine rings is 2. The van der Waals surface area contributed by atoms with Gasteiger partial charge in [0.15, 0.2) is 0 Å². The zero-order valence-corrected chi connectivity index (χ0v) is 52.7. The zero-order chi connectivity index (χ0) is 61.5. The fourth-order valence-electron chi connectivity index (χ4n) is 14.2. The average molecular weight is 1230 g/mol. The molecule has 1 aromatic heterocycles. The van der Waals surface area contributed by atoms with Gasteiger partial charge in [-0.3, -0.25) is 28.9 Å². The topological polar surface area (TPSA) is 217 Å². The average Bonchev–Trinajstić information content (AvgIpc) is 2.28. The monoisotopic (exact) mass is 1230 g/mol. The number of aromatic nitrogens is 2. The summed E-state index contributed by atoms with van der Waals surface area (Å²) in [5.41, 5.74) is 5.14. The molecule has 21 heteroatoms. The van der Waals surface area contributed by atoms with E-state index >= 15 is 0 Å². The van der Waals surface area contributed by atoms with Crippen molar-refractivity contribution in [2.45, 2.75) is 114 Å². The lowest BCUT2D eigenvalue weighted by molar-refractivity contribution is -0.136. The number of hydrogen-bond donors (Lipinski definition) is 5. The van der Waals surface area contributed by atoms with Gasteiger partial charge in [0.1, 0.15) is 29.7 Å². The minimum Gasteiger partial charge on any atom is -0.497 e. The van der Waals surface area contributed by atoms with Gasteiger partial charge in [-0.25, -0.2) is 9.97 Å². The molecule has 88 heavy (non-hydrogen) atoms. The molecule has 5 heterocycles. The molecule has 4 aliphatic heterocycles. The van der Waals surface area contributed by atoms with Crippen LogP contribution in [0.5, 0.6) is 11.5 Å². The van der Waals surface area contributed by atoms with Crippen LogP contribution in [0.25, 0.3) is 0 Å². The van der Waals surface area contributed by atoms with E-state index in [1.807, 2.05) is 82.3 Å². The summed E-state index contributed by atoms with van der Waals surface area (Å²) in [6, 6.07) is 20.4. The van der Waals surface area contributed by atoms with Gasteiger partial charge < -0.3 is 60.3 Å². The molecular weight excluding hydrogens is 1140 g/mol. The number of rotatable bonds is 24. The van der Waals surface area contributed by atoms with Gasteiger partial charge >= 0.3 is 0 Å². The van der Waals surface area contributed by atoms with E-state index < -0.39 is 18.1 Å². The van der Waals surface area contributed by atoms with Gasteiger partial charge in [0.2, 0.25) is 23.6 Å². The highest BCUT2D eigenvalue weighted by atomic mass is 35.5. The van der Waals surface area contributed by atoms with Crippen LogP contribution >= 0.6 is 11.6 Å². The number of nitrogens with zero attached hydrogens (tertiary/aromatic N) is 8. The third-order valence-electron chi connectivity index (χ3n) is 19.2. The maximum absolute atomic E-state index is 14.6. The number of carbonyl (C=O) groups excluding carboxylic acids is 5. The van der Waals surface area contributed by atoms with Crippen molar-refractivity contribution in [3.05, 3.63) is 112 Å². The number of fused-ring (bicyclic) bond motifs is 1. The first-order chi connectivity index (χ1) is 42.8. The van der Waals surface area contributed by atoms with Crippen molar-refractivity contribution in [2.75, 3.05) is 136 Å². The summed E-state index contributed by atoms with van der Waals surface area (Å²) in [6.07, 6.45) is 10.3. The number of benzene rings is 3. The minimum absolute atomic E-state index is 0.0188. The number of likely N-dealkylation sites (tertiary alicyclic amines) is 2. The Kier molecular flexibility index (Phi) is 23.0. The van der Waals surface area contributed by atoms with Crippen molar-refractivity contribution in [1.82, 2.24) is 55.7 Å². The van der Waals surface area contributed by atoms with Crippen molar-refractivity contribution in [2.24, 2.45) is 11.8 Å². The number of ether oxygens (including phenoxy) is 2. The Hall–Kier alpha value is -6.42. The van der Waals surface area contributed by atoms with Gasteiger partial charge in [0.25, 0.3) is 5.91 Å². The Morgan fingerprint density at radius 3 is 2.26 bits per heavy atom. The van der Waals surface area contributed by atoms with Crippen LogP contribution in [0.1, 0.15) is 140 Å². The van der Waals surface area contributed by atoms with Gasteiger partial charge in [-0.05, 0) is 111 Å². The number of piperazine rings is 2. The second kappa shape index (κ2) is 31.4. The first-order valence-corrected chi connectivity index (χ1v) is 32.9. The van der Waals surface area contributed by atoms with E-state index in [2.05, 4.69) is 58.9 Å². The molecule has 476 valence electrons. The SMILES string of the molecule is CCOc1cc(OC)ccc1CNCC(=O)N1CCCC(c2cccc(C(=O)N[C@@H](C(=O)N3CCC(CN4CCN(CC(=O)NCCNC[C@@H](C(=O)N5CCN(c6ncnc7c6[C@H](C)C[C@H]7O)CC5)c5ccc(Cl)cc5)CC4)CC3)C3CCCCC3)c2)C1. The largest absolute Gasteiger partial charge is 0.497 e. The highest BCUT2D eigenvalue weighted by Gasteiger charge is 2.38. The molecule has 4 aromatic rings. The second-order valence-electron chi connectivity index (χ2n) is 25.1. The number of aliphatic hydroxyl groups is 1. The van der Waals surface area contributed by atoms with Crippen LogP contribution in [-0.2, 0) is 25.7 Å². The van der Waals surface area contributed by atoms with Crippen molar-refractivity contribution in [3.63, 3.8) is 0 Å². The number of carbonyl (C=O) groups is 5. The Morgan fingerprint density at radius 2 is 1.51 bits per heavy atom. The highest BCUT2D eigenvalue weighted by molar-refractivity contribution is 6.30. The second-order valence-corrected chi connectivity index (χ2v) is 25.6. The Balaban J connectivity index is 0.629. The number of halogens is 1. The summed E-state index contributed by atoms with van der Waals surface area (Å²) >= 11 is 6.26. The molecule has 1 saturated carbocycles. The Morgan fingerprint density at radius 1 is 0.761 bits per heavy atom. The summed E-state index contributed by atoms with van der Waals surface area (Å²) in [7, 11) is 1.63. The molecule has 2 aliphatic carbocycles. The number of amides is 5. The minimum atomic E-state index is -0.575. The van der Waals surface area contributed by atoms with Gasteiger partial charge in [0.05, 0.1) is 44.5 Å². The molecule has 5 N–H and O–H groups in total. The number of anilines is 1. The Labute approximate surface area is 524 Å². The van der Waals surface area contributed by atoms with Crippen LogP contribution in [0.4, 0.5) is 5.82 Å². The van der Waals surface area contributed by atoms with Crippen LogP contribution in [-0.4, -0.2) is 207 Å². The molecule has 0 spiro atoms. The molecule has 4 saturated heterocycles. The standard InChI is InChI=1S/C67H93ClN12O8/c1-4-88-58-38-55(87-3)20-17-52(58)39-70-41-60(83)80-25-9-14-53(43-80)50-12-8-13-51(37-50)65(84)74-62(49-10-6-5-7-11-49)67(86)78-26-21-47(22-27-78)42-75-28-30-76(31-29-75)44-59(82)71-24-23-69-40-56(48-15-18-54(68)19-16-48)66(85)79-34-32-77(33-35-79)64-61-46(2)36-57(81)63(61)72-45-73-64/h8,12-13,15-20,37-38,45-47,49,53,56-57,62,69-70,81H,4-7,9-11,14,21-36,39-44H2,1-3H3,(H,71,82)(H,74,84)/t46-,53?,56-,57-,62-/m1/s1. The highest BCUT2D eigenvalue weighted by Crippen LogP contribution is 2.43. The summed E-state index contributed by atoms with van der Waals surface area (Å²) in [5.74, 6) is 2.58. The summed E-state index contributed by atoms with van der Waals surface area (Å²) in [4.78, 5) is 91.4. The number of methoxy groups -OCH3 is 1. The van der Waals surface area contributed by atoms with E-state index in [4.69, 9.17) is 21.1 Å². The van der Waals surface area contributed by atoms with E-state index in [9.17, 15) is 29.1 Å². The van der Waals surface area contributed by atoms with Gasteiger partial charge in [-0.15, -0.1) is 0 Å². The summed E-state index contributed by atoms with van der Waals surface area (Å²) in [5, 5.41) is 24.3. The zero-order valence-electron chi connectivity index (χ0n) is 51.9. The fraction of sp³-hybridized carbons (Fsp3) is 0.597. The lowest BCUT2D eigenvalue weighted by Gasteiger charge is -2.40. The molecule has 20 nitrogen and oxygen atoms in total. The third-order valence-corrected chi connectivity index (χ3v) is 19.5. The van der Waals surface area contributed by atoms with Crippen molar-refractivity contribution in [1.29, 1.82) is 0 Å². The fourth-order valence-corrected chi connectivity index (χ4v) is 14.3. The molecule has 5 fully saturated rings. The molecule has 3 aromatic carbocycles. The quantitative estimate of drug-likeness (QED) is 0.0513. The van der Waals surface area contributed by atoms with Crippen LogP contribution in [0.3, 0.4) is 0 Å². The molecule has 0 bridgehead atoms. The maximum Gasteiger partial charge on any atom is 0.251 e. The first-order valence-electron chi connectivity index (χ1n) is 32.5. The van der Waals surface area contributed by atoms with E-state index in [1.165, 1.54) is 6.33 Å². The van der Waals surface area contributed by atoms with Crippen molar-refractivity contribution < 1.29 is 38.6 Å². The molecule has 5 atom stereocenters. The maximum atomic E-state index is 14.6. The van der Waals surface area contributed by atoms with E-state index in [1.54, 1.807) is 7.11 Å². The van der Waals surface area contributed by atoms with Crippen LogP contribution in [0.2, 0.25) is 5.02 Å². The van der Waals surface area contributed by atoms with Crippen molar-refractivity contribution in [3.8, 4) is 11.5 Å². The molecule has 6 aliphatic rings. The summed E-state index contributed by atoms with van der Waals surface area (Å²) < 4.78 is 11.2. The van der Waals surface area contributed by atoms with E-state index in [0.717, 1.165) is 130 Å². The third kappa shape index (κ3) is 16.7. The molecule has 0 radical (unpaired) electrons. The predicted molar refractivity (Wildman–Crippen MR) is 340 cm³/mol. The first kappa shape index (κ1) is 64.6.